The first-order valence-electron chi connectivity index (χ1n) is 6.83. The summed E-state index contributed by atoms with van der Waals surface area (Å²) in [5.74, 6) is 0. The van der Waals surface area contributed by atoms with Crippen molar-refractivity contribution in [3.05, 3.63) is 0 Å². The molecular formula is C13H28N2O. The van der Waals surface area contributed by atoms with Gasteiger partial charge in [0, 0.05) is 13.1 Å². The molecule has 0 saturated carbocycles. The Morgan fingerprint density at radius 2 is 1.38 bits per heavy atom. The predicted octanol–water partition coefficient (Wildman–Crippen LogP) is 3.45. The van der Waals surface area contributed by atoms with Crippen LogP contribution in [0.1, 0.15) is 65.2 Å². The summed E-state index contributed by atoms with van der Waals surface area (Å²) < 4.78 is 0. The molecule has 2 N–H and O–H groups in total. The smallest absolute Gasteiger partial charge is 0.314 e. The van der Waals surface area contributed by atoms with Gasteiger partial charge < -0.3 is 10.6 Å². The van der Waals surface area contributed by atoms with Crippen LogP contribution in [0.4, 0.5) is 4.79 Å². The molecule has 96 valence electrons. The molecule has 0 atom stereocenters. The third-order valence-electron chi connectivity index (χ3n) is 2.65. The second kappa shape index (κ2) is 12.3. The van der Waals surface area contributed by atoms with Crippen LogP contribution in [-0.4, -0.2) is 19.1 Å². The van der Waals surface area contributed by atoms with Crippen molar-refractivity contribution in [1.29, 1.82) is 0 Å². The van der Waals surface area contributed by atoms with E-state index in [4.69, 9.17) is 0 Å². The lowest BCUT2D eigenvalue weighted by molar-refractivity contribution is 0.241. The Morgan fingerprint density at radius 1 is 0.812 bits per heavy atom. The van der Waals surface area contributed by atoms with Gasteiger partial charge in [0.15, 0.2) is 0 Å². The van der Waals surface area contributed by atoms with Gasteiger partial charge in [-0.25, -0.2) is 4.79 Å². The van der Waals surface area contributed by atoms with Crippen molar-refractivity contribution in [2.24, 2.45) is 0 Å². The van der Waals surface area contributed by atoms with E-state index < -0.39 is 0 Å². The quantitative estimate of drug-likeness (QED) is 0.552. The minimum atomic E-state index is -0.0366. The highest BCUT2D eigenvalue weighted by atomic mass is 16.2. The standard InChI is InChI=1S/C13H28N2O/c1-3-5-6-7-8-9-10-11-12-15-13(16)14-4-2/h3-12H2,1-2H3,(H2,14,15,16). The van der Waals surface area contributed by atoms with Crippen molar-refractivity contribution in [3.63, 3.8) is 0 Å². The number of nitrogens with one attached hydrogen (secondary N) is 2. The molecule has 0 bridgehead atoms. The lowest BCUT2D eigenvalue weighted by Crippen LogP contribution is -2.35. The van der Waals surface area contributed by atoms with Crippen molar-refractivity contribution in [1.82, 2.24) is 10.6 Å². The maximum absolute atomic E-state index is 11.0. The SMILES string of the molecule is CCCCCCCCCCNC(=O)NCC. The van der Waals surface area contributed by atoms with E-state index in [1.54, 1.807) is 0 Å². The van der Waals surface area contributed by atoms with Crippen LogP contribution >= 0.6 is 0 Å². The molecule has 0 aliphatic rings. The summed E-state index contributed by atoms with van der Waals surface area (Å²) in [6, 6.07) is -0.0366. The van der Waals surface area contributed by atoms with Crippen LogP contribution in [0.2, 0.25) is 0 Å². The highest BCUT2D eigenvalue weighted by Crippen LogP contribution is 2.07. The fourth-order valence-electron chi connectivity index (χ4n) is 1.68. The Bertz CT molecular complexity index is 160. The van der Waals surface area contributed by atoms with Crippen LogP contribution in [0.3, 0.4) is 0 Å². The van der Waals surface area contributed by atoms with Gasteiger partial charge in [-0.2, -0.15) is 0 Å². The van der Waals surface area contributed by atoms with Gasteiger partial charge >= 0.3 is 6.03 Å². The molecule has 0 rings (SSSR count). The van der Waals surface area contributed by atoms with E-state index in [-0.39, 0.29) is 6.03 Å². The molecule has 2 amide bonds. The molecular weight excluding hydrogens is 200 g/mol. The zero-order valence-electron chi connectivity index (χ0n) is 11.0. The van der Waals surface area contributed by atoms with Gasteiger partial charge in [0.2, 0.25) is 0 Å². The average Bonchev–Trinajstić information content (AvgIpc) is 2.27. The molecule has 3 heteroatoms. The van der Waals surface area contributed by atoms with Crippen molar-refractivity contribution < 1.29 is 4.79 Å². The maximum atomic E-state index is 11.0. The number of hydrogen-bond donors (Lipinski definition) is 2. The Labute approximate surface area is 100 Å². The van der Waals surface area contributed by atoms with Gasteiger partial charge in [-0.1, -0.05) is 51.9 Å². The number of carbonyl (C=O) groups is 1. The summed E-state index contributed by atoms with van der Waals surface area (Å²) in [7, 11) is 0. The molecule has 0 radical (unpaired) electrons. The first-order valence-corrected chi connectivity index (χ1v) is 6.83. The highest BCUT2D eigenvalue weighted by Gasteiger charge is 1.96. The van der Waals surface area contributed by atoms with Crippen molar-refractivity contribution in [3.8, 4) is 0 Å². The monoisotopic (exact) mass is 228 g/mol. The Hall–Kier alpha value is -0.730. The predicted molar refractivity (Wildman–Crippen MR) is 69.7 cm³/mol. The minimum Gasteiger partial charge on any atom is -0.338 e. The largest absolute Gasteiger partial charge is 0.338 e. The van der Waals surface area contributed by atoms with Gasteiger partial charge in [-0.3, -0.25) is 0 Å². The van der Waals surface area contributed by atoms with Crippen LogP contribution in [0.25, 0.3) is 0 Å². The second-order valence-electron chi connectivity index (χ2n) is 4.26. The highest BCUT2D eigenvalue weighted by molar-refractivity contribution is 5.73. The fraction of sp³-hybridized carbons (Fsp3) is 0.923. The van der Waals surface area contributed by atoms with Crippen LogP contribution in [-0.2, 0) is 0 Å². The Balaban J connectivity index is 3.01. The van der Waals surface area contributed by atoms with E-state index in [0.717, 1.165) is 13.0 Å². The number of unbranched alkanes of at least 4 members (excludes halogenated alkanes) is 7. The first kappa shape index (κ1) is 15.3. The first-order chi connectivity index (χ1) is 7.81. The summed E-state index contributed by atoms with van der Waals surface area (Å²) in [6.07, 6.45) is 10.4. The fourth-order valence-corrected chi connectivity index (χ4v) is 1.68. The molecule has 16 heavy (non-hydrogen) atoms. The summed E-state index contributed by atoms with van der Waals surface area (Å²) in [6.45, 7) is 5.67. The minimum absolute atomic E-state index is 0.0366. The van der Waals surface area contributed by atoms with Crippen molar-refractivity contribution in [2.75, 3.05) is 13.1 Å². The van der Waals surface area contributed by atoms with Crippen LogP contribution < -0.4 is 10.6 Å². The zero-order valence-corrected chi connectivity index (χ0v) is 11.0. The molecule has 0 unspecified atom stereocenters. The van der Waals surface area contributed by atoms with Crippen molar-refractivity contribution >= 4 is 6.03 Å². The molecule has 0 heterocycles. The lowest BCUT2D eigenvalue weighted by Gasteiger charge is -2.05. The number of amides is 2. The number of hydrogen-bond acceptors (Lipinski definition) is 1. The van der Waals surface area contributed by atoms with Crippen LogP contribution in [0.15, 0.2) is 0 Å². The molecule has 0 aromatic rings. The topological polar surface area (TPSA) is 41.1 Å². The van der Waals surface area contributed by atoms with E-state index in [2.05, 4.69) is 17.6 Å². The van der Waals surface area contributed by atoms with Crippen molar-refractivity contribution in [2.45, 2.75) is 65.2 Å². The maximum Gasteiger partial charge on any atom is 0.314 e. The second-order valence-corrected chi connectivity index (χ2v) is 4.26. The molecule has 0 saturated heterocycles. The van der Waals surface area contributed by atoms with E-state index >= 15 is 0 Å². The third-order valence-corrected chi connectivity index (χ3v) is 2.65. The van der Waals surface area contributed by atoms with E-state index in [1.807, 2.05) is 6.92 Å². The van der Waals surface area contributed by atoms with Gasteiger partial charge in [0.1, 0.15) is 0 Å². The van der Waals surface area contributed by atoms with Gasteiger partial charge in [-0.05, 0) is 13.3 Å². The number of rotatable bonds is 10. The molecule has 0 fully saturated rings. The molecule has 0 aliphatic carbocycles. The number of carbonyl (C=O) groups excluding carboxylic acids is 1. The molecule has 0 aromatic carbocycles. The normalized spacial score (nSPS) is 10.1. The van der Waals surface area contributed by atoms with Crippen LogP contribution in [0, 0.1) is 0 Å². The summed E-state index contributed by atoms with van der Waals surface area (Å²) in [5.41, 5.74) is 0. The summed E-state index contributed by atoms with van der Waals surface area (Å²) >= 11 is 0. The summed E-state index contributed by atoms with van der Waals surface area (Å²) in [4.78, 5) is 11.0. The Kier molecular flexibility index (Phi) is 11.8. The molecule has 0 spiro atoms. The van der Waals surface area contributed by atoms with E-state index in [0.29, 0.717) is 6.54 Å². The molecule has 0 aromatic heterocycles. The van der Waals surface area contributed by atoms with E-state index in [9.17, 15) is 4.79 Å². The molecule has 3 nitrogen and oxygen atoms in total. The third kappa shape index (κ3) is 11.3. The van der Waals surface area contributed by atoms with E-state index in [1.165, 1.54) is 44.9 Å². The Morgan fingerprint density at radius 3 is 1.94 bits per heavy atom. The van der Waals surface area contributed by atoms with Gasteiger partial charge in [0.25, 0.3) is 0 Å². The van der Waals surface area contributed by atoms with Gasteiger partial charge in [-0.15, -0.1) is 0 Å². The van der Waals surface area contributed by atoms with Crippen LogP contribution in [0.5, 0.6) is 0 Å². The van der Waals surface area contributed by atoms with Gasteiger partial charge in [0.05, 0.1) is 0 Å². The summed E-state index contributed by atoms with van der Waals surface area (Å²) in [5, 5.41) is 5.57. The zero-order chi connectivity index (χ0) is 12.1. The molecule has 0 aliphatic heterocycles. The lowest BCUT2D eigenvalue weighted by atomic mass is 10.1. The number of urea groups is 1. The average molecular weight is 228 g/mol.